The molecule has 2 nitrogen and oxygen atoms in total. The van der Waals surface area contributed by atoms with Crippen LogP contribution in [-0.4, -0.2) is 13.1 Å². The largest absolute Gasteiger partial charge is 0.399 e. The smallest absolute Gasteiger partial charge is 0.0662 e. The number of anilines is 2. The Kier molecular flexibility index (Phi) is 4.06. The van der Waals surface area contributed by atoms with Gasteiger partial charge in [0.2, 0.25) is 0 Å². The number of halogens is 1. The van der Waals surface area contributed by atoms with E-state index in [2.05, 4.69) is 31.7 Å². The highest BCUT2D eigenvalue weighted by Gasteiger charge is 2.24. The SMILES string of the molecule is CCc1cc(N)cc(Cl)c1N1C[C@H](C)C[C@H](C)C1. The quantitative estimate of drug-likeness (QED) is 0.821. The molecule has 0 amide bonds. The highest BCUT2D eigenvalue weighted by atomic mass is 35.5. The molecule has 0 aromatic heterocycles. The molecule has 1 aromatic rings. The monoisotopic (exact) mass is 266 g/mol. The first-order valence-corrected chi connectivity index (χ1v) is 7.21. The number of aryl methyl sites for hydroxylation is 1. The Morgan fingerprint density at radius 1 is 1.28 bits per heavy atom. The summed E-state index contributed by atoms with van der Waals surface area (Å²) in [5.41, 5.74) is 9.11. The van der Waals surface area contributed by atoms with E-state index in [4.69, 9.17) is 17.3 Å². The van der Waals surface area contributed by atoms with Crippen LogP contribution in [0.1, 0.15) is 32.8 Å². The number of rotatable bonds is 2. The Morgan fingerprint density at radius 3 is 2.44 bits per heavy atom. The molecule has 0 radical (unpaired) electrons. The molecular weight excluding hydrogens is 244 g/mol. The van der Waals surface area contributed by atoms with Crippen molar-refractivity contribution < 1.29 is 0 Å². The molecule has 18 heavy (non-hydrogen) atoms. The molecule has 1 aromatic carbocycles. The number of hydrogen-bond acceptors (Lipinski definition) is 2. The van der Waals surface area contributed by atoms with Crippen LogP contribution in [0.25, 0.3) is 0 Å². The van der Waals surface area contributed by atoms with Crippen molar-refractivity contribution in [1.29, 1.82) is 0 Å². The Balaban J connectivity index is 2.37. The minimum Gasteiger partial charge on any atom is -0.399 e. The lowest BCUT2D eigenvalue weighted by molar-refractivity contribution is 0.356. The minimum absolute atomic E-state index is 0.729. The number of benzene rings is 1. The van der Waals surface area contributed by atoms with Gasteiger partial charge in [0.05, 0.1) is 10.7 Å². The van der Waals surface area contributed by atoms with Gasteiger partial charge in [0.15, 0.2) is 0 Å². The fourth-order valence-corrected chi connectivity index (χ4v) is 3.52. The van der Waals surface area contributed by atoms with Crippen LogP contribution in [0.5, 0.6) is 0 Å². The van der Waals surface area contributed by atoms with E-state index >= 15 is 0 Å². The van der Waals surface area contributed by atoms with Gasteiger partial charge in [0.1, 0.15) is 0 Å². The van der Waals surface area contributed by atoms with Crippen LogP contribution < -0.4 is 10.6 Å². The predicted octanol–water partition coefficient (Wildman–Crippen LogP) is 3.97. The summed E-state index contributed by atoms with van der Waals surface area (Å²) in [5, 5.41) is 0.799. The maximum atomic E-state index is 6.42. The zero-order valence-electron chi connectivity index (χ0n) is 11.5. The summed E-state index contributed by atoms with van der Waals surface area (Å²) in [6.45, 7) is 8.99. The third-order valence-electron chi connectivity index (χ3n) is 3.73. The standard InChI is InChI=1S/C15H23ClN2/c1-4-12-6-13(17)7-14(16)15(12)18-8-10(2)5-11(3)9-18/h6-7,10-11H,4-5,8-9,17H2,1-3H3/t10-,11+. The van der Waals surface area contributed by atoms with Crippen molar-refractivity contribution in [3.8, 4) is 0 Å². The second kappa shape index (κ2) is 5.40. The normalized spacial score (nSPS) is 24.3. The summed E-state index contributed by atoms with van der Waals surface area (Å²) < 4.78 is 0. The fraction of sp³-hybridized carbons (Fsp3) is 0.600. The van der Waals surface area contributed by atoms with Gasteiger partial charge in [-0.25, -0.2) is 0 Å². The first-order valence-electron chi connectivity index (χ1n) is 6.84. The van der Waals surface area contributed by atoms with E-state index in [9.17, 15) is 0 Å². The van der Waals surface area contributed by atoms with Gasteiger partial charge >= 0.3 is 0 Å². The van der Waals surface area contributed by atoms with Crippen molar-refractivity contribution in [3.63, 3.8) is 0 Å². The molecular formula is C15H23ClN2. The zero-order chi connectivity index (χ0) is 13.3. The lowest BCUT2D eigenvalue weighted by Crippen LogP contribution is -2.39. The predicted molar refractivity (Wildman–Crippen MR) is 80.4 cm³/mol. The zero-order valence-corrected chi connectivity index (χ0v) is 12.3. The number of hydrogen-bond donors (Lipinski definition) is 1. The molecule has 0 saturated carbocycles. The summed E-state index contributed by atoms with van der Waals surface area (Å²) in [5.74, 6) is 1.46. The highest BCUT2D eigenvalue weighted by molar-refractivity contribution is 6.33. The summed E-state index contributed by atoms with van der Waals surface area (Å²) in [6, 6.07) is 3.94. The molecule has 2 rings (SSSR count). The van der Waals surface area contributed by atoms with E-state index in [1.807, 2.05) is 6.07 Å². The molecule has 0 bridgehead atoms. The van der Waals surface area contributed by atoms with Crippen LogP contribution in [0.2, 0.25) is 5.02 Å². The van der Waals surface area contributed by atoms with E-state index in [1.165, 1.54) is 17.7 Å². The fourth-order valence-electron chi connectivity index (χ4n) is 3.15. The van der Waals surface area contributed by atoms with Crippen molar-refractivity contribution in [2.75, 3.05) is 23.7 Å². The summed E-state index contributed by atoms with van der Waals surface area (Å²) in [4.78, 5) is 2.44. The van der Waals surface area contributed by atoms with Crippen LogP contribution in [0.4, 0.5) is 11.4 Å². The molecule has 1 aliphatic rings. The number of nitrogens with zero attached hydrogens (tertiary/aromatic N) is 1. The van der Waals surface area contributed by atoms with Crippen LogP contribution in [0.15, 0.2) is 12.1 Å². The first-order chi connectivity index (χ1) is 8.51. The average molecular weight is 267 g/mol. The molecule has 0 unspecified atom stereocenters. The van der Waals surface area contributed by atoms with Crippen LogP contribution >= 0.6 is 11.6 Å². The lowest BCUT2D eigenvalue weighted by Gasteiger charge is -2.38. The molecule has 0 aliphatic carbocycles. The molecule has 1 aliphatic heterocycles. The van der Waals surface area contributed by atoms with Gasteiger partial charge in [0.25, 0.3) is 0 Å². The van der Waals surface area contributed by atoms with Crippen molar-refractivity contribution >= 4 is 23.0 Å². The summed E-state index contributed by atoms with van der Waals surface area (Å²) >= 11 is 6.42. The number of nitrogen functional groups attached to an aromatic ring is 1. The summed E-state index contributed by atoms with van der Waals surface area (Å²) in [6.07, 6.45) is 2.28. The molecule has 1 saturated heterocycles. The summed E-state index contributed by atoms with van der Waals surface area (Å²) in [7, 11) is 0. The van der Waals surface area contributed by atoms with E-state index in [0.717, 1.165) is 42.1 Å². The Labute approximate surface area is 115 Å². The molecule has 1 heterocycles. The lowest BCUT2D eigenvalue weighted by atomic mass is 9.91. The molecule has 3 heteroatoms. The van der Waals surface area contributed by atoms with Gasteiger partial charge in [-0.15, -0.1) is 0 Å². The van der Waals surface area contributed by atoms with Gasteiger partial charge in [-0.2, -0.15) is 0 Å². The topological polar surface area (TPSA) is 29.3 Å². The van der Waals surface area contributed by atoms with Gasteiger partial charge in [-0.3, -0.25) is 0 Å². The van der Waals surface area contributed by atoms with Gasteiger partial charge < -0.3 is 10.6 Å². The number of nitrogens with two attached hydrogens (primary N) is 1. The van der Waals surface area contributed by atoms with Crippen molar-refractivity contribution in [2.24, 2.45) is 11.8 Å². The Morgan fingerprint density at radius 2 is 1.89 bits per heavy atom. The van der Waals surface area contributed by atoms with Crippen molar-refractivity contribution in [3.05, 3.63) is 22.7 Å². The second-order valence-electron chi connectivity index (χ2n) is 5.72. The first kappa shape index (κ1) is 13.5. The molecule has 100 valence electrons. The van der Waals surface area contributed by atoms with Crippen molar-refractivity contribution in [2.45, 2.75) is 33.6 Å². The second-order valence-corrected chi connectivity index (χ2v) is 6.12. The minimum atomic E-state index is 0.729. The van der Waals surface area contributed by atoms with Crippen LogP contribution in [-0.2, 0) is 6.42 Å². The molecule has 0 spiro atoms. The maximum absolute atomic E-state index is 6.42. The molecule has 1 fully saturated rings. The van der Waals surface area contributed by atoms with Crippen molar-refractivity contribution in [1.82, 2.24) is 0 Å². The van der Waals surface area contributed by atoms with Crippen LogP contribution in [0.3, 0.4) is 0 Å². The van der Waals surface area contributed by atoms with E-state index in [-0.39, 0.29) is 0 Å². The third kappa shape index (κ3) is 2.74. The van der Waals surface area contributed by atoms with Crippen LogP contribution in [0, 0.1) is 11.8 Å². The van der Waals surface area contributed by atoms with E-state index in [0.29, 0.717) is 0 Å². The number of piperidine rings is 1. The third-order valence-corrected chi connectivity index (χ3v) is 4.02. The van der Waals surface area contributed by atoms with E-state index in [1.54, 1.807) is 0 Å². The van der Waals surface area contributed by atoms with Gasteiger partial charge in [-0.1, -0.05) is 32.4 Å². The Bertz CT molecular complexity index is 421. The average Bonchev–Trinajstić information content (AvgIpc) is 2.26. The maximum Gasteiger partial charge on any atom is 0.0662 e. The molecule has 2 N–H and O–H groups in total. The Hall–Kier alpha value is -0.890. The van der Waals surface area contributed by atoms with Gasteiger partial charge in [0, 0.05) is 18.8 Å². The molecule has 2 atom stereocenters. The highest BCUT2D eigenvalue weighted by Crippen LogP contribution is 2.36. The van der Waals surface area contributed by atoms with Gasteiger partial charge in [-0.05, 0) is 42.4 Å². The van der Waals surface area contributed by atoms with E-state index < -0.39 is 0 Å².